The van der Waals surface area contributed by atoms with Crippen molar-refractivity contribution >= 4 is 140 Å². The van der Waals surface area contributed by atoms with Crippen LogP contribution in [0.2, 0.25) is 0 Å². The highest BCUT2D eigenvalue weighted by Gasteiger charge is 2.34. The van der Waals surface area contributed by atoms with Gasteiger partial charge in [0.05, 0.1) is 30.8 Å². The van der Waals surface area contributed by atoms with Crippen molar-refractivity contribution in [2.24, 2.45) is 0 Å². The zero-order valence-electron chi connectivity index (χ0n) is 46.9. The fourth-order valence-corrected chi connectivity index (χ4v) is 18.5. The molecule has 81 heavy (non-hydrogen) atoms. The molecule has 0 radical (unpaired) electrons. The van der Waals surface area contributed by atoms with Gasteiger partial charge in [-0.05, 0) is 172 Å². The van der Waals surface area contributed by atoms with Gasteiger partial charge in [-0.2, -0.15) is 0 Å². The lowest BCUT2D eigenvalue weighted by Crippen LogP contribution is -2.20. The van der Waals surface area contributed by atoms with Gasteiger partial charge in [-0.25, -0.2) is 0 Å². The number of hydrogen-bond donors (Lipinski definition) is 1. The molecular formula is C72H125NO2S6. The van der Waals surface area contributed by atoms with Crippen molar-refractivity contribution in [2.75, 3.05) is 0 Å². The van der Waals surface area contributed by atoms with E-state index < -0.39 is 0 Å². The van der Waals surface area contributed by atoms with Crippen LogP contribution >= 0.6 is 68.0 Å². The SMILES string of the molecule is CC#CC#CC#Cc1c(-c2ccc(-c3cc4c5c(c6cc(C)sc6c4s3)C(=O)NC5=O)s2)cc(C)c2c1sc1cc3c(cc12)sc1c(CCCCCCCCCCCCCCCCC)c(-c2ccc(C)s2)cc(C#CC#CC#CC)c13.[HH].[HH].[HH].[HH].[HH].[HH].[HH].[HH].[HH].[HH].[HH].[HH].[HH].[HH].[HH].[HH].[HH].[HH].[HH].[HH].[HH].[HH].[HH].[HH].[HH].[HH].[HH].[HH].[HH].[HH].[HH].[HH]. The molecule has 0 bridgehead atoms. The van der Waals surface area contributed by atoms with Crippen LogP contribution in [0.4, 0.5) is 0 Å². The lowest BCUT2D eigenvalue weighted by molar-refractivity contribution is 0.0880. The van der Waals surface area contributed by atoms with E-state index in [2.05, 4.69) is 159 Å². The van der Waals surface area contributed by atoms with Gasteiger partial charge in [0.1, 0.15) is 0 Å². The fourth-order valence-electron chi connectivity index (χ4n) is 11.5. The van der Waals surface area contributed by atoms with Crippen LogP contribution in [0.1, 0.15) is 215 Å². The smallest absolute Gasteiger partial charge is 0.259 e. The molecule has 0 aliphatic carbocycles. The minimum Gasteiger partial charge on any atom is -0.288 e. The number of benzene rings is 4. The maximum absolute atomic E-state index is 13.3. The maximum atomic E-state index is 13.3. The standard InChI is InChI=1S/C72H61NO2S6.32H2/c1-7-10-13-16-17-18-19-20-21-22-23-24-25-28-31-34-50-52(57-36-35-46(5)76-57)41-48(32-29-26-14-11-8-2)64-54-43-60-53(42-61(54)80-68(50)64)63-45(4)39-51(49(67(63)79-60)33-30-27-15-12-9-3)58-37-38-59(78-58)62-44-56-66-65(71(74)73-72(66)75)55-40-47(6)77-69(55)70(56)81-62;;;;;;;;;;;;;;;;;;;;;;;;;;;;;;;;/h35-44H,7,10,13,16-25,28,31,34H2,1-6H3,(H,73,74,75);32*1H. The van der Waals surface area contributed by atoms with E-state index in [1.165, 1.54) is 152 Å². The molecule has 1 N–H and O–H groups in total. The molecule has 0 spiro atoms. The first-order chi connectivity index (χ1) is 39.6. The molecule has 0 saturated carbocycles. The second-order valence-corrected chi connectivity index (χ2v) is 27.8. The highest BCUT2D eigenvalue weighted by Crippen LogP contribution is 2.51. The molecule has 6 aromatic heterocycles. The van der Waals surface area contributed by atoms with E-state index in [4.69, 9.17) is 0 Å². The Labute approximate surface area is 548 Å². The van der Waals surface area contributed by atoms with Crippen molar-refractivity contribution in [3.8, 4) is 102 Å². The summed E-state index contributed by atoms with van der Waals surface area (Å²) in [4.78, 5) is 33.3. The van der Waals surface area contributed by atoms with Gasteiger partial charge >= 0.3 is 0 Å². The topological polar surface area (TPSA) is 46.2 Å². The predicted octanol–water partition coefficient (Wildman–Crippen LogP) is 28.8. The first-order valence-corrected chi connectivity index (χ1v) is 33.4. The van der Waals surface area contributed by atoms with Gasteiger partial charge in [-0.15, -0.1) is 68.0 Å². The number of carbonyl (C=O) groups excluding carboxylic acids is 2. The molecular weight excluding hydrogens is 1100 g/mol. The third-order valence-corrected chi connectivity index (χ3v) is 22.4. The molecule has 11 rings (SSSR count). The Bertz CT molecular complexity index is 4660. The Morgan fingerprint density at radius 2 is 1.00 bits per heavy atom. The number of hydrogen-bond acceptors (Lipinski definition) is 8. The Kier molecular flexibility index (Phi) is 17.6. The summed E-state index contributed by atoms with van der Waals surface area (Å²) in [6.45, 7) is 12.4. The lowest BCUT2D eigenvalue weighted by atomic mass is 9.93. The van der Waals surface area contributed by atoms with Gasteiger partial charge in [0.2, 0.25) is 0 Å². The van der Waals surface area contributed by atoms with Gasteiger partial charge in [0.15, 0.2) is 0 Å². The normalized spacial score (nSPS) is 11.7. The monoisotopic (exact) mass is 1230 g/mol. The van der Waals surface area contributed by atoms with E-state index in [0.717, 1.165) is 73.9 Å². The summed E-state index contributed by atoms with van der Waals surface area (Å²) >= 11 is 10.6. The zero-order valence-corrected chi connectivity index (χ0v) is 51.8. The highest BCUT2D eigenvalue weighted by atomic mass is 32.1. The summed E-state index contributed by atoms with van der Waals surface area (Å²) in [6.07, 6.45) is 21.2. The second kappa shape index (κ2) is 25.5. The van der Waals surface area contributed by atoms with Crippen LogP contribution in [0.25, 0.3) is 91.2 Å². The van der Waals surface area contributed by atoms with Crippen LogP contribution in [0.3, 0.4) is 0 Å². The minimum absolute atomic E-state index is 0. The van der Waals surface area contributed by atoms with Crippen LogP contribution in [0.15, 0.2) is 60.7 Å². The molecule has 0 atom stereocenters. The van der Waals surface area contributed by atoms with Gasteiger partial charge in [0, 0.05) is 132 Å². The van der Waals surface area contributed by atoms with Gasteiger partial charge in [-0.3, -0.25) is 14.9 Å². The third-order valence-electron chi connectivity index (χ3n) is 15.3. The van der Waals surface area contributed by atoms with Crippen LogP contribution in [-0.2, 0) is 6.42 Å². The molecule has 7 heterocycles. The number of aryl methyl sites for hydroxylation is 4. The van der Waals surface area contributed by atoms with Gasteiger partial charge in [0.25, 0.3) is 11.8 Å². The first kappa shape index (κ1) is 56.0. The van der Waals surface area contributed by atoms with Crippen LogP contribution in [0.5, 0.6) is 0 Å². The van der Waals surface area contributed by atoms with Crippen LogP contribution in [-0.4, -0.2) is 11.8 Å². The molecule has 1 aliphatic heterocycles. The number of carbonyl (C=O) groups is 2. The molecule has 1 aliphatic rings. The average Bonchev–Trinajstić information content (AvgIpc) is 1.57. The summed E-state index contributed by atoms with van der Waals surface area (Å²) in [5.41, 5.74) is 7.88. The molecule has 0 saturated heterocycles. The molecule has 9 heteroatoms. The first-order valence-electron chi connectivity index (χ1n) is 28.5. The lowest BCUT2D eigenvalue weighted by Gasteiger charge is -2.12. The fraction of sp³-hybridized carbons (Fsp3) is 0.306. The molecule has 0 fully saturated rings. The molecule has 0 unspecified atom stereocenters. The molecule has 3 nitrogen and oxygen atoms in total. The van der Waals surface area contributed by atoms with Gasteiger partial charge < -0.3 is 0 Å². The number of thiophene rings is 6. The van der Waals surface area contributed by atoms with Crippen molar-refractivity contribution in [3.63, 3.8) is 0 Å². The Morgan fingerprint density at radius 3 is 1.64 bits per heavy atom. The van der Waals surface area contributed by atoms with Crippen molar-refractivity contribution in [3.05, 3.63) is 104 Å². The van der Waals surface area contributed by atoms with E-state index in [1.54, 1.807) is 59.2 Å². The highest BCUT2D eigenvalue weighted by molar-refractivity contribution is 7.31. The number of imide groups is 1. The predicted molar refractivity (Wildman–Crippen MR) is 424 cm³/mol. The van der Waals surface area contributed by atoms with E-state index in [9.17, 15) is 9.59 Å². The maximum Gasteiger partial charge on any atom is 0.259 e. The van der Waals surface area contributed by atoms with E-state index in [0.29, 0.717) is 11.1 Å². The molecule has 4 aromatic carbocycles. The Hall–Kier alpha value is -6.86. The number of fused-ring (bicyclic) bond motifs is 12. The second-order valence-electron chi connectivity index (χ2n) is 21.0. The summed E-state index contributed by atoms with van der Waals surface area (Å²) in [5, 5.41) is 9.11. The molecule has 2 amide bonds. The average molecular weight is 1230 g/mol. The van der Waals surface area contributed by atoms with Crippen molar-refractivity contribution < 1.29 is 55.2 Å². The number of nitrogens with one attached hydrogen (secondary N) is 1. The minimum atomic E-state index is -0.329. The van der Waals surface area contributed by atoms with E-state index in [-0.39, 0.29) is 57.5 Å². The number of rotatable bonds is 19. The number of unbranched alkanes of at least 4 members (excludes halogenated alkanes) is 14. The largest absolute Gasteiger partial charge is 0.288 e. The van der Waals surface area contributed by atoms with E-state index >= 15 is 0 Å². The number of amides is 2. The Morgan fingerprint density at radius 1 is 0.444 bits per heavy atom. The van der Waals surface area contributed by atoms with Crippen LogP contribution < -0.4 is 5.32 Å². The molecule has 466 valence electrons. The quantitative estimate of drug-likeness (QED) is 0.0498. The third kappa shape index (κ3) is 11.7. The van der Waals surface area contributed by atoms with E-state index in [1.807, 2.05) is 28.7 Å². The van der Waals surface area contributed by atoms with Gasteiger partial charge in [-0.1, -0.05) is 120 Å². The molecule has 10 aromatic rings. The Balaban J connectivity index is -0.000000129. The summed E-state index contributed by atoms with van der Waals surface area (Å²) in [6, 6.07) is 22.5. The summed E-state index contributed by atoms with van der Waals surface area (Å²) in [5.74, 6) is 36.1. The summed E-state index contributed by atoms with van der Waals surface area (Å²) < 4.78 is 6.99. The van der Waals surface area contributed by atoms with Crippen molar-refractivity contribution in [2.45, 2.75) is 144 Å². The van der Waals surface area contributed by atoms with Crippen LogP contribution in [0, 0.1) is 91.8 Å². The summed E-state index contributed by atoms with van der Waals surface area (Å²) in [7, 11) is 0. The zero-order chi connectivity index (χ0) is 56.0. The van der Waals surface area contributed by atoms with Crippen molar-refractivity contribution in [1.29, 1.82) is 0 Å². The van der Waals surface area contributed by atoms with Crippen molar-refractivity contribution in [1.82, 2.24) is 5.32 Å².